The molecule has 2 atom stereocenters. The average molecular weight is 235 g/mol. The Balaban J connectivity index is 1.83. The van der Waals surface area contributed by atoms with Crippen molar-refractivity contribution >= 4 is 11.5 Å². The van der Waals surface area contributed by atoms with E-state index in [4.69, 9.17) is 0 Å². The quantitative estimate of drug-likeness (QED) is 0.731. The number of aliphatic hydroxyl groups excluding tert-OH is 1. The third-order valence-corrected chi connectivity index (χ3v) is 3.23. The number of rotatable bonds is 5. The molecule has 4 heteroatoms. The molecular weight excluding hydrogens is 214 g/mol. The highest BCUT2D eigenvalue weighted by atomic mass is 16.3. The molecule has 3 N–H and O–H groups in total. The van der Waals surface area contributed by atoms with Crippen molar-refractivity contribution in [3.63, 3.8) is 0 Å². The van der Waals surface area contributed by atoms with Crippen LogP contribution in [-0.2, 0) is 0 Å². The van der Waals surface area contributed by atoms with Crippen molar-refractivity contribution in [2.45, 2.75) is 32.3 Å². The molecule has 0 aliphatic heterocycles. The van der Waals surface area contributed by atoms with E-state index in [1.165, 1.54) is 0 Å². The smallest absolute Gasteiger partial charge is 0.127 e. The van der Waals surface area contributed by atoms with E-state index in [9.17, 15) is 5.11 Å². The lowest BCUT2D eigenvalue weighted by atomic mass is 10.1. The van der Waals surface area contributed by atoms with E-state index < -0.39 is 0 Å². The first-order chi connectivity index (χ1) is 8.28. The van der Waals surface area contributed by atoms with Crippen molar-refractivity contribution < 1.29 is 5.11 Å². The fourth-order valence-corrected chi connectivity index (χ4v) is 2.31. The summed E-state index contributed by atoms with van der Waals surface area (Å²) in [4.78, 5) is 4.23. The summed E-state index contributed by atoms with van der Waals surface area (Å²) in [5.74, 6) is 1.50. The lowest BCUT2D eigenvalue weighted by molar-refractivity contribution is 0.178. The van der Waals surface area contributed by atoms with Crippen LogP contribution in [0.15, 0.2) is 18.3 Å². The molecule has 1 aliphatic rings. The second kappa shape index (κ2) is 5.87. The number of nitrogens with zero attached hydrogens (tertiary/aromatic N) is 1. The number of nitrogens with one attached hydrogen (secondary N) is 2. The lowest BCUT2D eigenvalue weighted by Gasteiger charge is -2.12. The van der Waals surface area contributed by atoms with Gasteiger partial charge in [0.15, 0.2) is 0 Å². The molecule has 2 rings (SSSR count). The van der Waals surface area contributed by atoms with Crippen molar-refractivity contribution in [3.05, 3.63) is 18.3 Å². The van der Waals surface area contributed by atoms with Gasteiger partial charge in [-0.05, 0) is 38.2 Å². The van der Waals surface area contributed by atoms with Crippen LogP contribution >= 0.6 is 0 Å². The van der Waals surface area contributed by atoms with E-state index in [2.05, 4.69) is 22.5 Å². The molecule has 2 unspecified atom stereocenters. The standard InChI is InChI=1S/C13H21N3O/c1-2-14-13-8-11(5-6-15-13)16-9-10-3-4-12(17)7-10/h5-6,8,10,12,17H,2-4,7,9H2,1H3,(H2,14,15,16). The molecule has 0 radical (unpaired) electrons. The first-order valence-corrected chi connectivity index (χ1v) is 6.39. The van der Waals surface area contributed by atoms with Gasteiger partial charge >= 0.3 is 0 Å². The number of pyridine rings is 1. The molecule has 0 spiro atoms. The average Bonchev–Trinajstić information content (AvgIpc) is 2.74. The Hall–Kier alpha value is -1.29. The molecule has 1 aromatic heterocycles. The molecule has 1 heterocycles. The molecular formula is C13H21N3O. The zero-order valence-electron chi connectivity index (χ0n) is 10.3. The predicted octanol–water partition coefficient (Wildman–Crippen LogP) is 2.09. The van der Waals surface area contributed by atoms with Gasteiger partial charge in [-0.15, -0.1) is 0 Å². The molecule has 0 saturated heterocycles. The predicted molar refractivity (Wildman–Crippen MR) is 70.2 cm³/mol. The van der Waals surface area contributed by atoms with E-state index in [0.29, 0.717) is 5.92 Å². The zero-order chi connectivity index (χ0) is 12.1. The molecule has 0 bridgehead atoms. The van der Waals surface area contributed by atoms with Crippen LogP contribution in [0.1, 0.15) is 26.2 Å². The lowest BCUT2D eigenvalue weighted by Crippen LogP contribution is -2.12. The maximum atomic E-state index is 9.46. The van der Waals surface area contributed by atoms with Crippen LogP contribution in [0.3, 0.4) is 0 Å². The monoisotopic (exact) mass is 235 g/mol. The first kappa shape index (κ1) is 12.2. The Morgan fingerprint density at radius 2 is 2.29 bits per heavy atom. The van der Waals surface area contributed by atoms with Crippen LogP contribution in [0.4, 0.5) is 11.5 Å². The van der Waals surface area contributed by atoms with E-state index >= 15 is 0 Å². The Kier molecular flexibility index (Phi) is 4.20. The summed E-state index contributed by atoms with van der Waals surface area (Å²) in [6.07, 6.45) is 4.73. The molecule has 94 valence electrons. The van der Waals surface area contributed by atoms with Crippen LogP contribution in [0.25, 0.3) is 0 Å². The van der Waals surface area contributed by atoms with Gasteiger partial charge < -0.3 is 15.7 Å². The minimum atomic E-state index is -0.0865. The van der Waals surface area contributed by atoms with Crippen molar-refractivity contribution in [2.75, 3.05) is 23.7 Å². The van der Waals surface area contributed by atoms with Crippen molar-refractivity contribution in [1.29, 1.82) is 0 Å². The van der Waals surface area contributed by atoms with Gasteiger partial charge in [0.25, 0.3) is 0 Å². The Labute approximate surface area is 102 Å². The van der Waals surface area contributed by atoms with E-state index in [1.54, 1.807) is 0 Å². The van der Waals surface area contributed by atoms with Crippen LogP contribution in [0, 0.1) is 5.92 Å². The maximum Gasteiger partial charge on any atom is 0.127 e. The third-order valence-electron chi connectivity index (χ3n) is 3.23. The minimum absolute atomic E-state index is 0.0865. The SMILES string of the molecule is CCNc1cc(NCC2CCC(O)C2)ccn1. The highest BCUT2D eigenvalue weighted by Gasteiger charge is 2.22. The number of hydrogen-bond acceptors (Lipinski definition) is 4. The van der Waals surface area contributed by atoms with Gasteiger partial charge in [-0.1, -0.05) is 0 Å². The summed E-state index contributed by atoms with van der Waals surface area (Å²) < 4.78 is 0. The van der Waals surface area contributed by atoms with Crippen LogP contribution < -0.4 is 10.6 Å². The summed E-state index contributed by atoms with van der Waals surface area (Å²) in [6, 6.07) is 4.00. The topological polar surface area (TPSA) is 57.2 Å². The number of anilines is 2. The Morgan fingerprint density at radius 3 is 3.00 bits per heavy atom. The van der Waals surface area contributed by atoms with Gasteiger partial charge in [0, 0.05) is 31.0 Å². The van der Waals surface area contributed by atoms with E-state index in [-0.39, 0.29) is 6.10 Å². The third kappa shape index (κ3) is 3.60. The largest absolute Gasteiger partial charge is 0.393 e. The molecule has 1 saturated carbocycles. The van der Waals surface area contributed by atoms with Gasteiger partial charge in [-0.25, -0.2) is 4.98 Å². The summed E-state index contributed by atoms with van der Waals surface area (Å²) in [5.41, 5.74) is 1.09. The molecule has 1 aromatic rings. The summed E-state index contributed by atoms with van der Waals surface area (Å²) >= 11 is 0. The molecule has 1 fully saturated rings. The summed E-state index contributed by atoms with van der Waals surface area (Å²) in [6.45, 7) is 3.87. The Bertz CT molecular complexity index is 356. The number of hydrogen-bond donors (Lipinski definition) is 3. The van der Waals surface area contributed by atoms with Gasteiger partial charge in [0.05, 0.1) is 6.10 Å². The molecule has 0 aromatic carbocycles. The molecule has 4 nitrogen and oxygen atoms in total. The van der Waals surface area contributed by atoms with Gasteiger partial charge in [0.1, 0.15) is 5.82 Å². The van der Waals surface area contributed by atoms with Crippen molar-refractivity contribution in [2.24, 2.45) is 5.92 Å². The van der Waals surface area contributed by atoms with Gasteiger partial charge in [-0.2, -0.15) is 0 Å². The second-order valence-electron chi connectivity index (χ2n) is 4.67. The van der Waals surface area contributed by atoms with E-state index in [0.717, 1.165) is 43.9 Å². The number of aromatic nitrogens is 1. The van der Waals surface area contributed by atoms with Crippen molar-refractivity contribution in [1.82, 2.24) is 4.98 Å². The fraction of sp³-hybridized carbons (Fsp3) is 0.615. The van der Waals surface area contributed by atoms with Crippen molar-refractivity contribution in [3.8, 4) is 0 Å². The van der Waals surface area contributed by atoms with Gasteiger partial charge in [-0.3, -0.25) is 0 Å². The summed E-state index contributed by atoms with van der Waals surface area (Å²) in [7, 11) is 0. The minimum Gasteiger partial charge on any atom is -0.393 e. The molecule has 1 aliphatic carbocycles. The normalized spacial score (nSPS) is 23.6. The maximum absolute atomic E-state index is 9.46. The van der Waals surface area contributed by atoms with Crippen LogP contribution in [0.5, 0.6) is 0 Å². The first-order valence-electron chi connectivity index (χ1n) is 6.39. The molecule has 0 amide bonds. The highest BCUT2D eigenvalue weighted by Crippen LogP contribution is 2.25. The van der Waals surface area contributed by atoms with Gasteiger partial charge in [0.2, 0.25) is 0 Å². The molecule has 17 heavy (non-hydrogen) atoms. The summed E-state index contributed by atoms with van der Waals surface area (Å²) in [5, 5.41) is 16.1. The zero-order valence-corrected chi connectivity index (χ0v) is 10.3. The Morgan fingerprint density at radius 1 is 1.41 bits per heavy atom. The fourth-order valence-electron chi connectivity index (χ4n) is 2.31. The van der Waals surface area contributed by atoms with E-state index in [1.807, 2.05) is 18.3 Å². The number of aliphatic hydroxyl groups is 1. The van der Waals surface area contributed by atoms with Crippen LogP contribution in [0.2, 0.25) is 0 Å². The second-order valence-corrected chi connectivity index (χ2v) is 4.67. The van der Waals surface area contributed by atoms with Crippen LogP contribution in [-0.4, -0.2) is 29.3 Å². The highest BCUT2D eigenvalue weighted by molar-refractivity contribution is 5.51.